The molecule has 3 aromatic rings. The number of rotatable bonds is 6. The van der Waals surface area contributed by atoms with E-state index in [1.807, 2.05) is 19.1 Å². The molecule has 36 heavy (non-hydrogen) atoms. The number of aryl methyl sites for hydroxylation is 1. The standard InChI is InChI=1S/C28H32BrN3O4/c1-18-3-2-4-22-24(33)16-26(36-27(18)22)28(34)31-20-9-13-32(14-10-20)17-19-5-6-25(23(29)15-19)35-21-7-11-30-12-8-21/h2-6,15-16,20-21,30H,7-14,17H2,1H3,(H,31,34). The van der Waals surface area contributed by atoms with E-state index in [-0.39, 0.29) is 29.2 Å². The molecular formula is C28H32BrN3O4. The summed E-state index contributed by atoms with van der Waals surface area (Å²) >= 11 is 3.68. The molecule has 8 heteroatoms. The van der Waals surface area contributed by atoms with Crippen molar-refractivity contribution < 1.29 is 13.9 Å². The largest absolute Gasteiger partial charge is 0.489 e. The number of fused-ring (bicyclic) bond motifs is 1. The van der Waals surface area contributed by atoms with Gasteiger partial charge in [-0.25, -0.2) is 0 Å². The van der Waals surface area contributed by atoms with Gasteiger partial charge >= 0.3 is 0 Å². The summed E-state index contributed by atoms with van der Waals surface area (Å²) in [6, 6.07) is 13.1. The van der Waals surface area contributed by atoms with E-state index in [0.717, 1.165) is 74.2 Å². The highest BCUT2D eigenvalue weighted by atomic mass is 79.9. The van der Waals surface area contributed by atoms with Gasteiger partial charge < -0.3 is 19.8 Å². The van der Waals surface area contributed by atoms with Gasteiger partial charge in [0.2, 0.25) is 0 Å². The predicted molar refractivity (Wildman–Crippen MR) is 144 cm³/mol. The molecule has 0 spiro atoms. The minimum Gasteiger partial charge on any atom is -0.489 e. The van der Waals surface area contributed by atoms with Crippen molar-refractivity contribution in [2.75, 3.05) is 26.2 Å². The van der Waals surface area contributed by atoms with E-state index < -0.39 is 0 Å². The number of para-hydroxylation sites is 1. The van der Waals surface area contributed by atoms with Crippen LogP contribution in [0.25, 0.3) is 11.0 Å². The Morgan fingerprint density at radius 1 is 1.14 bits per heavy atom. The molecule has 0 atom stereocenters. The zero-order valence-electron chi connectivity index (χ0n) is 20.5. The quantitative estimate of drug-likeness (QED) is 0.471. The number of halogens is 1. The second-order valence-electron chi connectivity index (χ2n) is 9.78. The highest BCUT2D eigenvalue weighted by Gasteiger charge is 2.23. The van der Waals surface area contributed by atoms with E-state index in [1.54, 1.807) is 6.07 Å². The molecule has 5 rings (SSSR count). The second-order valence-corrected chi connectivity index (χ2v) is 10.6. The number of benzene rings is 2. The Kier molecular flexibility index (Phi) is 7.74. The first-order valence-electron chi connectivity index (χ1n) is 12.7. The molecular weight excluding hydrogens is 522 g/mol. The van der Waals surface area contributed by atoms with Crippen LogP contribution in [0.5, 0.6) is 5.75 Å². The van der Waals surface area contributed by atoms with Crippen LogP contribution in [0.15, 0.2) is 56.1 Å². The molecule has 0 bridgehead atoms. The van der Waals surface area contributed by atoms with Gasteiger partial charge in [-0.1, -0.05) is 18.2 Å². The maximum Gasteiger partial charge on any atom is 0.287 e. The van der Waals surface area contributed by atoms with Gasteiger partial charge in [-0.15, -0.1) is 0 Å². The fourth-order valence-corrected chi connectivity index (χ4v) is 5.53. The zero-order valence-corrected chi connectivity index (χ0v) is 22.1. The van der Waals surface area contributed by atoms with Crippen molar-refractivity contribution in [3.05, 3.63) is 74.0 Å². The lowest BCUT2D eigenvalue weighted by molar-refractivity contribution is 0.0881. The molecule has 1 amide bonds. The van der Waals surface area contributed by atoms with Crippen LogP contribution in [-0.2, 0) is 6.54 Å². The van der Waals surface area contributed by atoms with Gasteiger partial charge in [-0.3, -0.25) is 14.5 Å². The number of ether oxygens (including phenoxy) is 1. The third-order valence-electron chi connectivity index (χ3n) is 7.08. The van der Waals surface area contributed by atoms with E-state index in [0.29, 0.717) is 11.0 Å². The first-order chi connectivity index (χ1) is 17.5. The summed E-state index contributed by atoms with van der Waals surface area (Å²) in [5.41, 5.74) is 2.35. The summed E-state index contributed by atoms with van der Waals surface area (Å²) in [6.07, 6.45) is 4.04. The first kappa shape index (κ1) is 25.0. The normalized spacial score (nSPS) is 17.8. The van der Waals surface area contributed by atoms with Crippen molar-refractivity contribution in [2.45, 2.75) is 51.3 Å². The SMILES string of the molecule is Cc1cccc2c(=O)cc(C(=O)NC3CCN(Cc4ccc(OC5CCNCC5)c(Br)c4)CC3)oc12. The van der Waals surface area contributed by atoms with Gasteiger partial charge in [0.15, 0.2) is 11.2 Å². The van der Waals surface area contributed by atoms with Crippen LogP contribution in [0.3, 0.4) is 0 Å². The fourth-order valence-electron chi connectivity index (χ4n) is 5.01. The highest BCUT2D eigenvalue weighted by molar-refractivity contribution is 9.10. The Balaban J connectivity index is 1.14. The predicted octanol–water partition coefficient (Wildman–Crippen LogP) is 4.39. The van der Waals surface area contributed by atoms with Crippen LogP contribution < -0.4 is 20.8 Å². The number of nitrogens with zero attached hydrogens (tertiary/aromatic N) is 1. The molecule has 2 aliphatic heterocycles. The van der Waals surface area contributed by atoms with E-state index in [1.165, 1.54) is 11.6 Å². The van der Waals surface area contributed by atoms with Gasteiger partial charge in [-0.05, 0) is 91.0 Å². The molecule has 1 aromatic heterocycles. The van der Waals surface area contributed by atoms with E-state index in [9.17, 15) is 9.59 Å². The maximum atomic E-state index is 12.8. The summed E-state index contributed by atoms with van der Waals surface area (Å²) in [5.74, 6) is 0.646. The summed E-state index contributed by atoms with van der Waals surface area (Å²) in [5, 5.41) is 6.92. The molecule has 0 unspecified atom stereocenters. The van der Waals surface area contributed by atoms with Crippen molar-refractivity contribution in [1.29, 1.82) is 0 Å². The lowest BCUT2D eigenvalue weighted by Crippen LogP contribution is -2.44. The highest BCUT2D eigenvalue weighted by Crippen LogP contribution is 2.29. The lowest BCUT2D eigenvalue weighted by atomic mass is 10.0. The Morgan fingerprint density at radius 2 is 1.92 bits per heavy atom. The number of amides is 1. The topological polar surface area (TPSA) is 83.8 Å². The Morgan fingerprint density at radius 3 is 2.67 bits per heavy atom. The molecule has 0 aliphatic carbocycles. The number of likely N-dealkylation sites (tertiary alicyclic amines) is 1. The molecule has 3 heterocycles. The van der Waals surface area contributed by atoms with E-state index in [4.69, 9.17) is 9.15 Å². The van der Waals surface area contributed by atoms with Gasteiger partial charge in [0.25, 0.3) is 5.91 Å². The third-order valence-corrected chi connectivity index (χ3v) is 7.70. The monoisotopic (exact) mass is 553 g/mol. The zero-order chi connectivity index (χ0) is 25.1. The fraction of sp³-hybridized carbons (Fsp3) is 0.429. The second kappa shape index (κ2) is 11.2. The lowest BCUT2D eigenvalue weighted by Gasteiger charge is -2.32. The molecule has 0 saturated carbocycles. The Labute approximate surface area is 219 Å². The average Bonchev–Trinajstić information content (AvgIpc) is 2.88. The molecule has 190 valence electrons. The van der Waals surface area contributed by atoms with Gasteiger partial charge in [-0.2, -0.15) is 0 Å². The summed E-state index contributed by atoms with van der Waals surface area (Å²) < 4.78 is 13.0. The minimum absolute atomic E-state index is 0.0547. The van der Waals surface area contributed by atoms with Crippen LogP contribution in [0.1, 0.15) is 47.4 Å². The number of piperidine rings is 2. The molecule has 0 radical (unpaired) electrons. The number of nitrogens with one attached hydrogen (secondary N) is 2. The smallest absolute Gasteiger partial charge is 0.287 e. The van der Waals surface area contributed by atoms with Crippen molar-refractivity contribution in [2.24, 2.45) is 0 Å². The Hall–Kier alpha value is -2.68. The van der Waals surface area contributed by atoms with Gasteiger partial charge in [0.1, 0.15) is 17.4 Å². The minimum atomic E-state index is -0.330. The molecule has 2 saturated heterocycles. The van der Waals surface area contributed by atoms with Crippen molar-refractivity contribution >= 4 is 32.8 Å². The maximum absolute atomic E-state index is 12.8. The van der Waals surface area contributed by atoms with Crippen LogP contribution in [0.4, 0.5) is 0 Å². The molecule has 2 aliphatic rings. The molecule has 2 N–H and O–H groups in total. The number of hydrogen-bond acceptors (Lipinski definition) is 6. The third kappa shape index (κ3) is 5.82. The number of carbonyl (C=O) groups excluding carboxylic acids is 1. The average molecular weight is 554 g/mol. The van der Waals surface area contributed by atoms with Crippen molar-refractivity contribution in [1.82, 2.24) is 15.5 Å². The van der Waals surface area contributed by atoms with Gasteiger partial charge in [0, 0.05) is 31.7 Å². The molecule has 2 aromatic carbocycles. The Bertz CT molecular complexity index is 1290. The van der Waals surface area contributed by atoms with Crippen molar-refractivity contribution in [3.8, 4) is 5.75 Å². The van der Waals surface area contributed by atoms with Crippen LogP contribution in [0.2, 0.25) is 0 Å². The van der Waals surface area contributed by atoms with Crippen molar-refractivity contribution in [3.63, 3.8) is 0 Å². The number of hydrogen-bond donors (Lipinski definition) is 2. The number of carbonyl (C=O) groups is 1. The summed E-state index contributed by atoms with van der Waals surface area (Å²) in [6.45, 7) is 6.51. The van der Waals surface area contributed by atoms with Gasteiger partial charge in [0.05, 0.1) is 9.86 Å². The molecule has 2 fully saturated rings. The van der Waals surface area contributed by atoms with Crippen LogP contribution >= 0.6 is 15.9 Å². The van der Waals surface area contributed by atoms with Crippen LogP contribution in [-0.4, -0.2) is 49.1 Å². The first-order valence-corrected chi connectivity index (χ1v) is 13.5. The summed E-state index contributed by atoms with van der Waals surface area (Å²) in [4.78, 5) is 27.7. The van der Waals surface area contributed by atoms with Crippen LogP contribution in [0, 0.1) is 6.92 Å². The summed E-state index contributed by atoms with van der Waals surface area (Å²) in [7, 11) is 0. The van der Waals surface area contributed by atoms with E-state index >= 15 is 0 Å². The van der Waals surface area contributed by atoms with E-state index in [2.05, 4.69) is 49.7 Å². The molecule has 7 nitrogen and oxygen atoms in total.